The smallest absolute Gasteiger partial charge is 0.0974 e. The molecule has 2 aliphatic rings. The van der Waals surface area contributed by atoms with Crippen molar-refractivity contribution in [1.82, 2.24) is 5.32 Å². The van der Waals surface area contributed by atoms with Gasteiger partial charge in [0.1, 0.15) is 0 Å². The molecule has 1 N–H and O–H groups in total. The van der Waals surface area contributed by atoms with Gasteiger partial charge < -0.3 is 5.32 Å². The number of aliphatic imine (C=N–C) groups is 1. The largest absolute Gasteiger partial charge is 0.368 e. The number of rotatable bonds is 0. The van der Waals surface area contributed by atoms with Crippen molar-refractivity contribution in [3.63, 3.8) is 0 Å². The first kappa shape index (κ1) is 12.4. The van der Waals surface area contributed by atoms with Crippen LogP contribution in [0.3, 0.4) is 0 Å². The molecule has 2 atom stereocenters. The lowest BCUT2D eigenvalue weighted by atomic mass is 9.69. The fourth-order valence-corrected chi connectivity index (χ4v) is 2.76. The van der Waals surface area contributed by atoms with Crippen molar-refractivity contribution in [2.45, 2.75) is 53.6 Å². The molecule has 94 valence electrons. The predicted octanol–water partition coefficient (Wildman–Crippen LogP) is 3.31. The Balaban J connectivity index is 2.56. The van der Waals surface area contributed by atoms with Crippen LogP contribution in [-0.4, -0.2) is 18.4 Å². The second kappa shape index (κ2) is 3.72. The molecule has 0 saturated carbocycles. The van der Waals surface area contributed by atoms with E-state index in [1.165, 1.54) is 11.1 Å². The number of hydrogen-bond acceptors (Lipinski definition) is 2. The summed E-state index contributed by atoms with van der Waals surface area (Å²) >= 11 is 0. The predicted molar refractivity (Wildman–Crippen MR) is 74.3 cm³/mol. The lowest BCUT2D eigenvalue weighted by molar-refractivity contribution is 0.409. The summed E-state index contributed by atoms with van der Waals surface area (Å²) in [5.41, 5.74) is 3.29. The molecule has 2 rings (SSSR count). The first-order valence-electron chi connectivity index (χ1n) is 6.42. The van der Waals surface area contributed by atoms with E-state index in [-0.39, 0.29) is 16.9 Å². The van der Waals surface area contributed by atoms with E-state index < -0.39 is 0 Å². The minimum Gasteiger partial charge on any atom is -0.368 e. The van der Waals surface area contributed by atoms with Crippen LogP contribution < -0.4 is 5.32 Å². The van der Waals surface area contributed by atoms with Gasteiger partial charge in [0.25, 0.3) is 0 Å². The van der Waals surface area contributed by atoms with Crippen LogP contribution in [0.15, 0.2) is 28.3 Å². The fourth-order valence-electron chi connectivity index (χ4n) is 2.76. The summed E-state index contributed by atoms with van der Waals surface area (Å²) in [5, 5.41) is 3.32. The number of nitrogens with one attached hydrogen (secondary N) is 1. The van der Waals surface area contributed by atoms with E-state index >= 15 is 0 Å². The molecule has 0 amide bonds. The minimum atomic E-state index is 0.166. The molecule has 1 aliphatic heterocycles. The summed E-state index contributed by atoms with van der Waals surface area (Å²) in [7, 11) is 0. The molecule has 0 aromatic carbocycles. The van der Waals surface area contributed by atoms with Crippen molar-refractivity contribution in [1.29, 1.82) is 0 Å². The molecular weight excluding hydrogens is 208 g/mol. The third kappa shape index (κ3) is 2.18. The zero-order chi connectivity index (χ0) is 12.8. The highest BCUT2D eigenvalue weighted by Crippen LogP contribution is 2.43. The lowest BCUT2D eigenvalue weighted by Crippen LogP contribution is -2.39. The maximum Gasteiger partial charge on any atom is 0.0974 e. The molecule has 0 aromatic heterocycles. The van der Waals surface area contributed by atoms with Crippen molar-refractivity contribution in [3.05, 3.63) is 23.3 Å². The molecule has 0 saturated heterocycles. The van der Waals surface area contributed by atoms with Gasteiger partial charge in [0.2, 0.25) is 0 Å². The maximum absolute atomic E-state index is 4.62. The van der Waals surface area contributed by atoms with Gasteiger partial charge in [-0.15, -0.1) is 0 Å². The molecule has 0 fully saturated rings. The minimum absolute atomic E-state index is 0.166. The molecule has 2 nitrogen and oxygen atoms in total. The molecule has 0 radical (unpaired) electrons. The van der Waals surface area contributed by atoms with E-state index in [1.807, 2.05) is 6.34 Å². The topological polar surface area (TPSA) is 24.4 Å². The van der Waals surface area contributed by atoms with E-state index in [0.29, 0.717) is 6.04 Å². The number of allylic oxidation sites excluding steroid dienone is 2. The van der Waals surface area contributed by atoms with Crippen molar-refractivity contribution < 1.29 is 0 Å². The second-order valence-corrected chi connectivity index (χ2v) is 7.10. The van der Waals surface area contributed by atoms with E-state index in [1.54, 1.807) is 0 Å². The fraction of sp³-hybridized carbons (Fsp3) is 0.667. The van der Waals surface area contributed by atoms with Crippen LogP contribution in [0, 0.1) is 10.8 Å². The zero-order valence-corrected chi connectivity index (χ0v) is 11.8. The average molecular weight is 232 g/mol. The van der Waals surface area contributed by atoms with Crippen LogP contribution in [0.25, 0.3) is 0 Å². The maximum atomic E-state index is 4.62. The van der Waals surface area contributed by atoms with Crippen LogP contribution >= 0.6 is 0 Å². The van der Waals surface area contributed by atoms with Crippen LogP contribution in [-0.2, 0) is 0 Å². The quantitative estimate of drug-likeness (QED) is 0.681. The monoisotopic (exact) mass is 232 g/mol. The Bertz CT molecular complexity index is 400. The molecule has 2 unspecified atom stereocenters. The highest BCUT2D eigenvalue weighted by Gasteiger charge is 2.38. The number of hydrogen-bond donors (Lipinski definition) is 1. The summed E-state index contributed by atoms with van der Waals surface area (Å²) in [6.45, 7) is 13.7. The Labute approximate surface area is 105 Å². The summed E-state index contributed by atoms with van der Waals surface area (Å²) in [6.07, 6.45) is 6.41. The molecule has 0 aromatic rings. The van der Waals surface area contributed by atoms with E-state index in [0.717, 1.165) is 0 Å². The Morgan fingerprint density at radius 3 is 2.24 bits per heavy atom. The Morgan fingerprint density at radius 2 is 1.71 bits per heavy atom. The van der Waals surface area contributed by atoms with Gasteiger partial charge in [0, 0.05) is 0 Å². The third-order valence-electron chi connectivity index (χ3n) is 3.51. The Hall–Kier alpha value is -1.05. The SMILES string of the molecule is CC(C)(C)C1=C(C(C)(C)C)C2N=CNC2C=C1. The van der Waals surface area contributed by atoms with Gasteiger partial charge >= 0.3 is 0 Å². The van der Waals surface area contributed by atoms with Gasteiger partial charge in [-0.1, -0.05) is 53.7 Å². The first-order valence-corrected chi connectivity index (χ1v) is 6.42. The summed E-state index contributed by atoms with van der Waals surface area (Å²) in [5.74, 6) is 0. The van der Waals surface area contributed by atoms with E-state index in [4.69, 9.17) is 0 Å². The zero-order valence-electron chi connectivity index (χ0n) is 11.8. The van der Waals surface area contributed by atoms with Gasteiger partial charge in [-0.3, -0.25) is 4.99 Å². The standard InChI is InChI=1S/C15H24N2/c1-14(2,3)10-7-8-11-13(17-9-16-11)12(10)15(4,5)6/h7-9,11,13H,1-6H3,(H,16,17). The molecule has 0 bridgehead atoms. The molecular formula is C15H24N2. The summed E-state index contributed by atoms with van der Waals surface area (Å²) in [4.78, 5) is 4.62. The van der Waals surface area contributed by atoms with Crippen molar-refractivity contribution >= 4 is 6.34 Å². The normalized spacial score (nSPS) is 28.4. The molecule has 0 spiro atoms. The lowest BCUT2D eigenvalue weighted by Gasteiger charge is -2.38. The van der Waals surface area contributed by atoms with Crippen molar-refractivity contribution in [2.24, 2.45) is 15.8 Å². The summed E-state index contributed by atoms with van der Waals surface area (Å²) < 4.78 is 0. The molecule has 17 heavy (non-hydrogen) atoms. The number of fused-ring (bicyclic) bond motifs is 1. The van der Waals surface area contributed by atoms with Crippen LogP contribution in [0.5, 0.6) is 0 Å². The van der Waals surface area contributed by atoms with Crippen molar-refractivity contribution in [2.75, 3.05) is 0 Å². The average Bonchev–Trinajstić information content (AvgIpc) is 2.59. The molecule has 1 heterocycles. The highest BCUT2D eigenvalue weighted by molar-refractivity contribution is 5.62. The third-order valence-corrected chi connectivity index (χ3v) is 3.51. The van der Waals surface area contributed by atoms with Gasteiger partial charge in [-0.25, -0.2) is 0 Å². The molecule has 2 heteroatoms. The van der Waals surface area contributed by atoms with Gasteiger partial charge in [0.05, 0.1) is 18.4 Å². The van der Waals surface area contributed by atoms with Gasteiger partial charge in [0.15, 0.2) is 0 Å². The first-order chi connectivity index (χ1) is 7.71. The molecule has 1 aliphatic carbocycles. The van der Waals surface area contributed by atoms with Crippen LogP contribution in [0.2, 0.25) is 0 Å². The summed E-state index contributed by atoms with van der Waals surface area (Å²) in [6, 6.07) is 0.643. The highest BCUT2D eigenvalue weighted by atomic mass is 15.1. The van der Waals surface area contributed by atoms with Crippen molar-refractivity contribution in [3.8, 4) is 0 Å². The Morgan fingerprint density at radius 1 is 1.06 bits per heavy atom. The second-order valence-electron chi connectivity index (χ2n) is 7.10. The van der Waals surface area contributed by atoms with Gasteiger partial charge in [-0.2, -0.15) is 0 Å². The van der Waals surface area contributed by atoms with E-state index in [2.05, 4.69) is 64.0 Å². The van der Waals surface area contributed by atoms with Crippen LogP contribution in [0.1, 0.15) is 41.5 Å². The Kier molecular flexibility index (Phi) is 2.72. The van der Waals surface area contributed by atoms with Gasteiger partial charge in [-0.05, 0) is 22.0 Å². The van der Waals surface area contributed by atoms with E-state index in [9.17, 15) is 0 Å². The number of nitrogens with zero attached hydrogens (tertiary/aromatic N) is 1. The van der Waals surface area contributed by atoms with Crippen LogP contribution in [0.4, 0.5) is 0 Å².